The summed E-state index contributed by atoms with van der Waals surface area (Å²) >= 11 is 0. The molecule has 1 N–H and O–H groups in total. The lowest BCUT2D eigenvalue weighted by Gasteiger charge is -2.49. The van der Waals surface area contributed by atoms with E-state index in [2.05, 4.69) is 39.6 Å². The molecule has 1 heteroatoms. The third-order valence-electron chi connectivity index (χ3n) is 10.3. The van der Waals surface area contributed by atoms with Gasteiger partial charge >= 0.3 is 0 Å². The highest BCUT2D eigenvalue weighted by atomic mass is 14.9. The predicted molar refractivity (Wildman–Crippen MR) is 126 cm³/mol. The van der Waals surface area contributed by atoms with Crippen LogP contribution in [0.1, 0.15) is 105 Å². The fraction of sp³-hybridized carbons (Fsp3) is 0.929. The van der Waals surface area contributed by atoms with E-state index in [1.165, 1.54) is 64.2 Å². The minimum atomic E-state index is 0.828. The highest BCUT2D eigenvalue weighted by Crippen LogP contribution is 2.79. The van der Waals surface area contributed by atoms with E-state index in [0.717, 1.165) is 59.4 Å². The molecular formula is C28H49N. The van der Waals surface area contributed by atoms with Crippen LogP contribution in [-0.2, 0) is 0 Å². The van der Waals surface area contributed by atoms with Gasteiger partial charge in [0.1, 0.15) is 0 Å². The van der Waals surface area contributed by atoms with Crippen LogP contribution in [0.3, 0.4) is 0 Å². The fourth-order valence-electron chi connectivity index (χ4n) is 8.09. The average molecular weight is 400 g/mol. The van der Waals surface area contributed by atoms with Gasteiger partial charge in [0.2, 0.25) is 0 Å². The lowest BCUT2D eigenvalue weighted by Crippen LogP contribution is -2.50. The first-order chi connectivity index (χ1) is 14.0. The van der Waals surface area contributed by atoms with Crippen LogP contribution >= 0.6 is 0 Å². The Kier molecular flexibility index (Phi) is 6.84. The van der Waals surface area contributed by atoms with Crippen LogP contribution in [0.2, 0.25) is 0 Å². The van der Waals surface area contributed by atoms with E-state index in [1.54, 1.807) is 18.4 Å². The van der Waals surface area contributed by atoms with E-state index in [1.807, 2.05) is 0 Å². The Labute approximate surface area is 181 Å². The van der Waals surface area contributed by atoms with E-state index in [-0.39, 0.29) is 0 Å². The molecule has 7 atom stereocenters. The van der Waals surface area contributed by atoms with Crippen molar-refractivity contribution in [2.24, 2.45) is 46.8 Å². The predicted octanol–water partition coefficient (Wildman–Crippen LogP) is 7.62. The highest BCUT2D eigenvalue weighted by molar-refractivity contribution is 5.20. The van der Waals surface area contributed by atoms with Crippen LogP contribution in [0.4, 0.5) is 0 Å². The second kappa shape index (κ2) is 9.05. The zero-order valence-corrected chi connectivity index (χ0v) is 20.0. The van der Waals surface area contributed by atoms with Crippen molar-refractivity contribution in [3.63, 3.8) is 0 Å². The van der Waals surface area contributed by atoms with Crippen molar-refractivity contribution in [1.29, 1.82) is 0 Å². The molecule has 4 saturated carbocycles. The van der Waals surface area contributed by atoms with Gasteiger partial charge in [0.25, 0.3) is 0 Å². The number of allylic oxidation sites excluding steroid dienone is 1. The second-order valence-corrected chi connectivity index (χ2v) is 11.6. The molecule has 4 aliphatic carbocycles. The van der Waals surface area contributed by atoms with Crippen molar-refractivity contribution in [3.8, 4) is 0 Å². The van der Waals surface area contributed by atoms with Crippen molar-refractivity contribution >= 4 is 0 Å². The highest BCUT2D eigenvalue weighted by Gasteiger charge is 2.72. The molecule has 0 aromatic rings. The Hall–Kier alpha value is -0.300. The molecule has 0 amide bonds. The Balaban J connectivity index is 1.35. The van der Waals surface area contributed by atoms with Crippen LogP contribution < -0.4 is 5.32 Å². The molecule has 0 heterocycles. The molecule has 0 saturated heterocycles. The Morgan fingerprint density at radius 3 is 2.28 bits per heavy atom. The molecule has 4 aliphatic rings. The van der Waals surface area contributed by atoms with E-state index in [9.17, 15) is 0 Å². The molecule has 0 radical (unpaired) electrons. The molecule has 1 nitrogen and oxygen atoms in total. The van der Waals surface area contributed by atoms with E-state index >= 15 is 0 Å². The van der Waals surface area contributed by atoms with Crippen molar-refractivity contribution < 1.29 is 0 Å². The molecule has 4 rings (SSSR count). The van der Waals surface area contributed by atoms with Crippen molar-refractivity contribution in [3.05, 3.63) is 12.2 Å². The second-order valence-electron chi connectivity index (χ2n) is 11.6. The van der Waals surface area contributed by atoms with Gasteiger partial charge in [-0.05, 0) is 118 Å². The zero-order valence-electron chi connectivity index (χ0n) is 20.0. The van der Waals surface area contributed by atoms with E-state index in [4.69, 9.17) is 0 Å². The van der Waals surface area contributed by atoms with Crippen LogP contribution in [-0.4, -0.2) is 12.6 Å². The number of hydrogen-bond donors (Lipinski definition) is 1. The molecule has 0 bridgehead atoms. The van der Waals surface area contributed by atoms with Gasteiger partial charge < -0.3 is 5.32 Å². The van der Waals surface area contributed by atoms with Gasteiger partial charge in [0.15, 0.2) is 0 Å². The van der Waals surface area contributed by atoms with Crippen molar-refractivity contribution in [2.45, 2.75) is 111 Å². The summed E-state index contributed by atoms with van der Waals surface area (Å²) in [7, 11) is 0. The molecule has 0 aromatic carbocycles. The van der Waals surface area contributed by atoms with Crippen LogP contribution in [0.25, 0.3) is 0 Å². The number of nitrogens with one attached hydrogen (secondary N) is 1. The third-order valence-corrected chi connectivity index (χ3v) is 10.3. The Morgan fingerprint density at radius 1 is 1.00 bits per heavy atom. The summed E-state index contributed by atoms with van der Waals surface area (Å²) in [5.74, 6) is 7.01. The molecule has 0 aliphatic heterocycles. The smallest absolute Gasteiger partial charge is 0.00980 e. The lowest BCUT2D eigenvalue weighted by atomic mass is 9.59. The van der Waals surface area contributed by atoms with Gasteiger partial charge in [-0.25, -0.2) is 0 Å². The first-order valence-corrected chi connectivity index (χ1v) is 13.4. The lowest BCUT2D eigenvalue weighted by molar-refractivity contribution is 0.0326. The minimum Gasteiger partial charge on any atom is -0.314 e. The van der Waals surface area contributed by atoms with E-state index < -0.39 is 0 Å². The summed E-state index contributed by atoms with van der Waals surface area (Å²) < 4.78 is 0. The minimum absolute atomic E-state index is 0.828. The first kappa shape index (κ1) is 21.9. The summed E-state index contributed by atoms with van der Waals surface area (Å²) in [5.41, 5.74) is 2.40. The van der Waals surface area contributed by atoms with Gasteiger partial charge in [-0.3, -0.25) is 0 Å². The molecule has 29 heavy (non-hydrogen) atoms. The largest absolute Gasteiger partial charge is 0.314 e. The van der Waals surface area contributed by atoms with Gasteiger partial charge in [0, 0.05) is 6.04 Å². The Morgan fingerprint density at radius 2 is 1.72 bits per heavy atom. The fourth-order valence-corrected chi connectivity index (χ4v) is 8.09. The molecular weight excluding hydrogens is 350 g/mol. The summed E-state index contributed by atoms with van der Waals surface area (Å²) in [6.07, 6.45) is 17.2. The molecule has 4 fully saturated rings. The molecule has 1 spiro atoms. The maximum Gasteiger partial charge on any atom is 0.00980 e. The van der Waals surface area contributed by atoms with Gasteiger partial charge in [-0.1, -0.05) is 52.7 Å². The Bertz CT molecular complexity index is 557. The van der Waals surface area contributed by atoms with Crippen LogP contribution in [0, 0.1) is 46.8 Å². The zero-order chi connectivity index (χ0) is 20.6. The van der Waals surface area contributed by atoms with Crippen molar-refractivity contribution in [2.75, 3.05) is 6.54 Å². The van der Waals surface area contributed by atoms with Gasteiger partial charge in [0.05, 0.1) is 0 Å². The third kappa shape index (κ3) is 4.37. The monoisotopic (exact) mass is 399 g/mol. The standard InChI is InChI=1S/C28H49N/c1-6-21(7-2)10-9-19(4)17-22-11-12-23(24-13-14-26(24)29-8-3)25(18-22)27-20(5)28(27)15-16-28/h20-27,29H,4,6-18H2,1-3,5H3. The summed E-state index contributed by atoms with van der Waals surface area (Å²) in [4.78, 5) is 0. The van der Waals surface area contributed by atoms with Crippen LogP contribution in [0.5, 0.6) is 0 Å². The number of rotatable bonds is 11. The topological polar surface area (TPSA) is 12.0 Å². The van der Waals surface area contributed by atoms with E-state index in [0.29, 0.717) is 0 Å². The summed E-state index contributed by atoms with van der Waals surface area (Å²) in [5, 5.41) is 3.82. The molecule has 166 valence electrons. The maximum atomic E-state index is 4.54. The number of hydrogen-bond acceptors (Lipinski definition) is 1. The normalized spacial score (nSPS) is 40.1. The van der Waals surface area contributed by atoms with Crippen molar-refractivity contribution in [1.82, 2.24) is 5.32 Å². The quantitative estimate of drug-likeness (QED) is 0.352. The average Bonchev–Trinajstić information content (AvgIpc) is 3.59. The summed E-state index contributed by atoms with van der Waals surface area (Å²) in [6, 6.07) is 0.836. The summed E-state index contributed by atoms with van der Waals surface area (Å²) in [6.45, 7) is 15.3. The van der Waals surface area contributed by atoms with Crippen LogP contribution in [0.15, 0.2) is 12.2 Å². The molecule has 0 aromatic heterocycles. The molecule has 7 unspecified atom stereocenters. The maximum absolute atomic E-state index is 4.54. The SMILES string of the molecule is C=C(CCC(CC)CC)CC1CCC(C2CCC2NCC)C(C2C(C)C23CC3)C1. The van der Waals surface area contributed by atoms with Gasteiger partial charge in [-0.15, -0.1) is 0 Å². The first-order valence-electron chi connectivity index (χ1n) is 13.4. The van der Waals surface area contributed by atoms with Gasteiger partial charge in [-0.2, -0.15) is 0 Å².